The van der Waals surface area contributed by atoms with E-state index in [1.807, 2.05) is 77.8 Å². The van der Waals surface area contributed by atoms with E-state index in [0.717, 1.165) is 68.9 Å². The van der Waals surface area contributed by atoms with E-state index in [1.54, 1.807) is 6.08 Å². The molecule has 16 nitrogen and oxygen atoms in total. The molecule has 2 aliphatic heterocycles. The van der Waals surface area contributed by atoms with Crippen LogP contribution < -0.4 is 20.5 Å². The third-order valence-corrected chi connectivity index (χ3v) is 10.3. The van der Waals surface area contributed by atoms with Gasteiger partial charge in [0.1, 0.15) is 29.1 Å². The molecule has 2 aromatic carbocycles. The zero-order chi connectivity index (χ0) is 41.6. The van der Waals surface area contributed by atoms with Crippen LogP contribution in [0.1, 0.15) is 25.3 Å². The normalized spacial score (nSPS) is 15.5. The zero-order valence-electron chi connectivity index (χ0n) is 34.5. The molecule has 2 aliphatic rings. The lowest BCUT2D eigenvalue weighted by Crippen LogP contribution is -2.48. The highest BCUT2D eigenvalue weighted by Crippen LogP contribution is 2.34. The first kappa shape index (κ1) is 44.6. The van der Waals surface area contributed by atoms with Crippen LogP contribution in [0.4, 0.5) is 0 Å². The minimum absolute atomic E-state index is 0.0145. The van der Waals surface area contributed by atoms with Gasteiger partial charge in [0.2, 0.25) is 17.7 Å². The summed E-state index contributed by atoms with van der Waals surface area (Å²) in [7, 11) is 0. The number of rotatable bonds is 25. The van der Waals surface area contributed by atoms with Crippen molar-refractivity contribution < 1.29 is 38.0 Å². The van der Waals surface area contributed by atoms with Gasteiger partial charge in [-0.2, -0.15) is 4.98 Å². The van der Waals surface area contributed by atoms with E-state index in [2.05, 4.69) is 29.7 Å². The smallest absolute Gasteiger partial charge is 0.247 e. The second-order valence-corrected chi connectivity index (χ2v) is 14.6. The summed E-state index contributed by atoms with van der Waals surface area (Å²) in [6, 6.07) is 19.3. The Morgan fingerprint density at radius 3 is 2.02 bits per heavy atom. The number of carbonyl (C=O) groups is 2. The molecule has 4 aromatic rings. The minimum atomic E-state index is -0.0145. The number of piperazine rings is 1. The van der Waals surface area contributed by atoms with Crippen molar-refractivity contribution in [2.75, 3.05) is 118 Å². The number of benzene rings is 2. The first-order chi connectivity index (χ1) is 29.6. The quantitative estimate of drug-likeness (QED) is 0.0731. The van der Waals surface area contributed by atoms with Gasteiger partial charge in [-0.15, -0.1) is 0 Å². The van der Waals surface area contributed by atoms with Crippen LogP contribution in [-0.2, 0) is 28.5 Å². The van der Waals surface area contributed by atoms with Gasteiger partial charge in [-0.3, -0.25) is 19.4 Å². The molecule has 16 heteroatoms. The van der Waals surface area contributed by atoms with E-state index in [0.29, 0.717) is 103 Å². The summed E-state index contributed by atoms with van der Waals surface area (Å²) in [4.78, 5) is 41.0. The SMILES string of the molecule is NCCOCCOCCOCCOCCC(=O)NCCN1CCN(C/C=C/C(=O)N2CCC(n3ccc4ncnc(Oc5ccc(Oc6ccccc6)cc5)c43)CC2)CC1. The number of para-hydroxylation sites is 1. The van der Waals surface area contributed by atoms with E-state index in [1.165, 1.54) is 6.33 Å². The molecule has 2 saturated heterocycles. The predicted octanol–water partition coefficient (Wildman–Crippen LogP) is 3.88. The molecule has 0 spiro atoms. The third kappa shape index (κ3) is 14.7. The Hall–Kier alpha value is -4.94. The molecular formula is C44H60N8O8. The lowest BCUT2D eigenvalue weighted by atomic mass is 10.0. The number of aromatic nitrogens is 3. The first-order valence-corrected chi connectivity index (χ1v) is 21.1. The highest BCUT2D eigenvalue weighted by atomic mass is 16.6. The maximum Gasteiger partial charge on any atom is 0.247 e. The van der Waals surface area contributed by atoms with Gasteiger partial charge in [-0.1, -0.05) is 24.3 Å². The number of amides is 2. The molecule has 0 bridgehead atoms. The zero-order valence-corrected chi connectivity index (χ0v) is 34.5. The van der Waals surface area contributed by atoms with Crippen molar-refractivity contribution in [1.82, 2.24) is 34.6 Å². The number of hydrogen-bond acceptors (Lipinski definition) is 13. The predicted molar refractivity (Wildman–Crippen MR) is 227 cm³/mol. The van der Waals surface area contributed by atoms with E-state index in [-0.39, 0.29) is 17.9 Å². The van der Waals surface area contributed by atoms with Crippen LogP contribution in [0.5, 0.6) is 23.1 Å². The number of piperidine rings is 1. The van der Waals surface area contributed by atoms with E-state index < -0.39 is 0 Å². The van der Waals surface area contributed by atoms with Gasteiger partial charge >= 0.3 is 0 Å². The molecule has 4 heterocycles. The molecule has 0 radical (unpaired) electrons. The second-order valence-electron chi connectivity index (χ2n) is 14.6. The van der Waals surface area contributed by atoms with Gasteiger partial charge < -0.3 is 48.9 Å². The number of nitrogens with one attached hydrogen (secondary N) is 1. The maximum atomic E-state index is 13.1. The second kappa shape index (κ2) is 25.0. The van der Waals surface area contributed by atoms with E-state index in [4.69, 9.17) is 34.2 Å². The highest BCUT2D eigenvalue weighted by molar-refractivity contribution is 5.87. The van der Waals surface area contributed by atoms with Crippen molar-refractivity contribution in [2.45, 2.75) is 25.3 Å². The summed E-state index contributed by atoms with van der Waals surface area (Å²) in [5.74, 6) is 2.66. The number of hydrogen-bond donors (Lipinski definition) is 2. The average molecular weight is 829 g/mol. The third-order valence-electron chi connectivity index (χ3n) is 10.3. The van der Waals surface area contributed by atoms with Gasteiger partial charge in [-0.05, 0) is 55.3 Å². The van der Waals surface area contributed by atoms with Crippen LogP contribution in [0.15, 0.2) is 85.3 Å². The van der Waals surface area contributed by atoms with Crippen LogP contribution in [0.2, 0.25) is 0 Å². The fourth-order valence-electron chi connectivity index (χ4n) is 7.08. The average Bonchev–Trinajstić information content (AvgIpc) is 3.72. The highest BCUT2D eigenvalue weighted by Gasteiger charge is 2.25. The number of ether oxygens (including phenoxy) is 6. The summed E-state index contributed by atoms with van der Waals surface area (Å²) in [5.41, 5.74) is 7.02. The maximum absolute atomic E-state index is 13.1. The van der Waals surface area contributed by atoms with Gasteiger partial charge in [0.05, 0.1) is 58.4 Å². The van der Waals surface area contributed by atoms with Crippen LogP contribution in [0.3, 0.4) is 0 Å². The number of fused-ring (bicyclic) bond motifs is 1. The Labute approximate surface area is 352 Å². The summed E-state index contributed by atoms with van der Waals surface area (Å²) in [6.45, 7) is 11.5. The van der Waals surface area contributed by atoms with Crippen LogP contribution in [-0.4, -0.2) is 159 Å². The molecular weight excluding hydrogens is 769 g/mol. The van der Waals surface area contributed by atoms with Crippen LogP contribution in [0, 0.1) is 0 Å². The number of likely N-dealkylation sites (tertiary alicyclic amines) is 1. The first-order valence-electron chi connectivity index (χ1n) is 21.1. The Bertz CT molecular complexity index is 1880. The Balaban J connectivity index is 0.816. The topological polar surface area (TPSA) is 168 Å². The lowest BCUT2D eigenvalue weighted by molar-refractivity contribution is -0.127. The summed E-state index contributed by atoms with van der Waals surface area (Å²) < 4.78 is 36.0. The lowest BCUT2D eigenvalue weighted by Gasteiger charge is -2.34. The van der Waals surface area contributed by atoms with Crippen molar-refractivity contribution in [3.63, 3.8) is 0 Å². The van der Waals surface area contributed by atoms with Gasteiger partial charge in [-0.25, -0.2) is 4.98 Å². The molecule has 6 rings (SSSR count). The van der Waals surface area contributed by atoms with Gasteiger partial charge in [0, 0.05) is 90.2 Å². The minimum Gasteiger partial charge on any atom is -0.457 e. The van der Waals surface area contributed by atoms with Crippen LogP contribution in [0.25, 0.3) is 11.0 Å². The van der Waals surface area contributed by atoms with Crippen molar-refractivity contribution in [2.24, 2.45) is 5.73 Å². The monoisotopic (exact) mass is 828 g/mol. The summed E-state index contributed by atoms with van der Waals surface area (Å²) in [6.07, 6.45) is 9.23. The van der Waals surface area contributed by atoms with Crippen LogP contribution >= 0.6 is 0 Å². The molecule has 0 saturated carbocycles. The Morgan fingerprint density at radius 1 is 0.717 bits per heavy atom. The largest absolute Gasteiger partial charge is 0.457 e. The molecule has 324 valence electrons. The molecule has 2 aromatic heterocycles. The Kier molecular flexibility index (Phi) is 18.6. The molecule has 2 amide bonds. The van der Waals surface area contributed by atoms with Crippen molar-refractivity contribution >= 4 is 22.8 Å². The molecule has 2 fully saturated rings. The molecule has 0 unspecified atom stereocenters. The van der Waals surface area contributed by atoms with E-state index >= 15 is 0 Å². The van der Waals surface area contributed by atoms with Crippen molar-refractivity contribution in [1.29, 1.82) is 0 Å². The van der Waals surface area contributed by atoms with E-state index in [9.17, 15) is 9.59 Å². The molecule has 0 atom stereocenters. The number of nitrogens with two attached hydrogens (primary N) is 1. The number of nitrogens with zero attached hydrogens (tertiary/aromatic N) is 6. The van der Waals surface area contributed by atoms with Crippen molar-refractivity contribution in [3.05, 3.63) is 85.3 Å². The summed E-state index contributed by atoms with van der Waals surface area (Å²) >= 11 is 0. The number of carbonyl (C=O) groups excluding carboxylic acids is 2. The van der Waals surface area contributed by atoms with Gasteiger partial charge in [0.15, 0.2) is 0 Å². The van der Waals surface area contributed by atoms with Gasteiger partial charge in [0.25, 0.3) is 0 Å². The standard InChI is InChI=1S/C44H60N8O8/c45-16-28-56-30-32-58-34-33-57-31-29-55-27-15-41(53)46-17-22-50-25-23-49(24-26-50)18-4-7-42(54)51-19-12-36(13-20-51)52-21-14-40-43(52)44(48-35-47-40)60-39-10-8-38(9-11-39)59-37-5-2-1-3-6-37/h1-11,14,21,35-36H,12-13,15-20,22-34,45H2,(H,46,53)/b7-4+. The fourth-order valence-corrected chi connectivity index (χ4v) is 7.08. The van der Waals surface area contributed by atoms with Crippen molar-refractivity contribution in [3.8, 4) is 23.1 Å². The summed E-state index contributed by atoms with van der Waals surface area (Å²) in [5, 5.41) is 2.99. The molecule has 0 aliphatic carbocycles. The molecule has 60 heavy (non-hydrogen) atoms. The Morgan fingerprint density at radius 2 is 1.33 bits per heavy atom. The fraction of sp³-hybridized carbons (Fsp3) is 0.500. The molecule has 3 N–H and O–H groups in total.